The van der Waals surface area contributed by atoms with Crippen LogP contribution in [0.2, 0.25) is 5.02 Å². The zero-order valence-corrected chi connectivity index (χ0v) is 24.2. The third kappa shape index (κ3) is 6.55. The fraction of sp³-hybridized carbons (Fsp3) is 0.367. The van der Waals surface area contributed by atoms with Crippen molar-refractivity contribution in [2.24, 2.45) is 5.92 Å². The lowest BCUT2D eigenvalue weighted by Gasteiger charge is -2.35. The molecule has 5 rings (SSSR count). The molecule has 11 heteroatoms. The fourth-order valence-electron chi connectivity index (χ4n) is 5.43. The van der Waals surface area contributed by atoms with Crippen molar-refractivity contribution in [3.05, 3.63) is 77.3 Å². The molecule has 0 aromatic heterocycles. The van der Waals surface area contributed by atoms with Gasteiger partial charge in [0.25, 0.3) is 0 Å². The van der Waals surface area contributed by atoms with Crippen LogP contribution in [-0.4, -0.2) is 67.7 Å². The third-order valence-corrected chi connectivity index (χ3v) is 9.44. The summed E-state index contributed by atoms with van der Waals surface area (Å²) in [4.78, 5) is 42.4. The van der Waals surface area contributed by atoms with Crippen LogP contribution >= 0.6 is 11.6 Å². The van der Waals surface area contributed by atoms with Gasteiger partial charge in [-0.05, 0) is 66.8 Å². The van der Waals surface area contributed by atoms with Crippen LogP contribution in [0, 0.1) is 5.92 Å². The van der Waals surface area contributed by atoms with Crippen LogP contribution in [0.3, 0.4) is 0 Å². The summed E-state index contributed by atoms with van der Waals surface area (Å²) in [5, 5.41) is 2.06. The van der Waals surface area contributed by atoms with Gasteiger partial charge >= 0.3 is 5.97 Å². The van der Waals surface area contributed by atoms with E-state index in [9.17, 15) is 22.8 Å². The molecule has 3 atom stereocenters. The minimum atomic E-state index is -3.99. The maximum Gasteiger partial charge on any atom is 0.311 e. The normalized spacial score (nSPS) is 20.3. The van der Waals surface area contributed by atoms with Gasteiger partial charge in [-0.1, -0.05) is 54.1 Å². The number of nitrogens with one attached hydrogen (secondary N) is 1. The summed E-state index contributed by atoms with van der Waals surface area (Å²) in [6.45, 7) is 2.76. The van der Waals surface area contributed by atoms with Gasteiger partial charge in [-0.15, -0.1) is 0 Å². The number of piperidine rings is 1. The minimum Gasteiger partial charge on any atom is -0.461 e. The Morgan fingerprint density at radius 1 is 1.02 bits per heavy atom. The molecule has 1 N–H and O–H groups in total. The van der Waals surface area contributed by atoms with Gasteiger partial charge in [-0.3, -0.25) is 14.4 Å². The van der Waals surface area contributed by atoms with Crippen molar-refractivity contribution >= 4 is 50.2 Å². The Bertz CT molecular complexity index is 1560. The van der Waals surface area contributed by atoms with Crippen LogP contribution < -0.4 is 4.72 Å². The molecule has 0 radical (unpaired) electrons. The van der Waals surface area contributed by atoms with E-state index in [2.05, 4.69) is 4.72 Å². The first-order chi connectivity index (χ1) is 19.6. The van der Waals surface area contributed by atoms with Crippen LogP contribution in [0.5, 0.6) is 0 Å². The number of nitrogens with zero attached hydrogens (tertiary/aromatic N) is 2. The molecule has 2 saturated heterocycles. The summed E-state index contributed by atoms with van der Waals surface area (Å²) in [5.41, 5.74) is 0.890. The lowest BCUT2D eigenvalue weighted by Crippen LogP contribution is -2.53. The summed E-state index contributed by atoms with van der Waals surface area (Å²) < 4.78 is 34.2. The molecular weight excluding hydrogens is 566 g/mol. The molecule has 2 aliphatic rings. The predicted octanol–water partition coefficient (Wildman–Crippen LogP) is 3.74. The molecule has 0 saturated carbocycles. The number of carbonyl (C=O) groups is 3. The highest BCUT2D eigenvalue weighted by molar-refractivity contribution is 7.89. The Labute approximate surface area is 244 Å². The standard InChI is InChI=1S/C30H32ClN3O6S/c1-20(28(35)33-14-5-8-24(18-33)30(37)40-19-21-6-3-2-4-7-21)34-15-13-27(29(34)36)32-41(38,39)26-12-10-22-16-25(31)11-9-23(22)17-26/h2-4,6-7,9-12,16-17,20,24,27,32H,5,8,13-15,18-19H2,1H3/t20-,24+,27-/m0/s1. The number of fused-ring (bicyclic) bond motifs is 1. The number of esters is 1. The molecule has 216 valence electrons. The van der Waals surface area contributed by atoms with Crippen LogP contribution in [0.25, 0.3) is 10.8 Å². The monoisotopic (exact) mass is 597 g/mol. The van der Waals surface area contributed by atoms with Gasteiger partial charge in [0.15, 0.2) is 0 Å². The number of benzene rings is 3. The average Bonchev–Trinajstić information content (AvgIpc) is 3.34. The Balaban J connectivity index is 1.18. The number of sulfonamides is 1. The molecule has 2 amide bonds. The summed E-state index contributed by atoms with van der Waals surface area (Å²) in [5.74, 6) is -1.49. The first-order valence-corrected chi connectivity index (χ1v) is 15.5. The van der Waals surface area contributed by atoms with E-state index < -0.39 is 33.9 Å². The van der Waals surface area contributed by atoms with E-state index in [0.717, 1.165) is 10.9 Å². The van der Waals surface area contributed by atoms with Crippen LogP contribution in [0.1, 0.15) is 31.7 Å². The van der Waals surface area contributed by atoms with Gasteiger partial charge in [0.05, 0.1) is 10.8 Å². The van der Waals surface area contributed by atoms with Crippen molar-refractivity contribution in [2.75, 3.05) is 19.6 Å². The van der Waals surface area contributed by atoms with Crippen LogP contribution in [0.4, 0.5) is 0 Å². The molecule has 3 aromatic rings. The quantitative estimate of drug-likeness (QED) is 0.396. The Kier molecular flexibility index (Phi) is 8.63. The highest BCUT2D eigenvalue weighted by atomic mass is 35.5. The number of likely N-dealkylation sites (tertiary alicyclic amines) is 2. The number of ether oxygens (including phenoxy) is 1. The van der Waals surface area contributed by atoms with E-state index in [1.807, 2.05) is 30.3 Å². The van der Waals surface area contributed by atoms with E-state index in [1.165, 1.54) is 17.0 Å². The third-order valence-electron chi connectivity index (χ3n) is 7.74. The maximum atomic E-state index is 13.4. The molecule has 0 unspecified atom stereocenters. The van der Waals surface area contributed by atoms with Crippen LogP contribution in [-0.2, 0) is 35.8 Å². The van der Waals surface area contributed by atoms with Gasteiger partial charge in [0.1, 0.15) is 18.7 Å². The summed E-state index contributed by atoms with van der Waals surface area (Å²) in [6, 6.07) is 17.5. The second kappa shape index (κ2) is 12.2. The smallest absolute Gasteiger partial charge is 0.311 e. The highest BCUT2D eigenvalue weighted by Crippen LogP contribution is 2.25. The number of hydrogen-bond donors (Lipinski definition) is 1. The summed E-state index contributed by atoms with van der Waals surface area (Å²) in [7, 11) is -3.99. The SMILES string of the molecule is C[C@@H](C(=O)N1CCC[C@@H](C(=O)OCc2ccccc2)C1)N1CC[C@H](NS(=O)(=O)c2ccc3cc(Cl)ccc3c2)C1=O. The van der Waals surface area contributed by atoms with E-state index in [-0.39, 0.29) is 42.9 Å². The number of halogens is 1. The minimum absolute atomic E-state index is 0.0428. The fourth-order valence-corrected chi connectivity index (χ4v) is 6.87. The van der Waals surface area contributed by atoms with Crippen molar-refractivity contribution in [2.45, 2.75) is 49.8 Å². The van der Waals surface area contributed by atoms with Crippen LogP contribution in [0.15, 0.2) is 71.6 Å². The molecule has 2 fully saturated rings. The molecule has 9 nitrogen and oxygen atoms in total. The molecule has 2 heterocycles. The number of amides is 2. The molecule has 0 bridgehead atoms. The van der Waals surface area contributed by atoms with Gasteiger partial charge in [-0.2, -0.15) is 4.72 Å². The Morgan fingerprint density at radius 2 is 1.76 bits per heavy atom. The van der Waals surface area contributed by atoms with E-state index in [1.54, 1.807) is 36.1 Å². The molecular formula is C30H32ClN3O6S. The van der Waals surface area contributed by atoms with E-state index >= 15 is 0 Å². The topological polar surface area (TPSA) is 113 Å². The largest absolute Gasteiger partial charge is 0.461 e. The second-order valence-corrected chi connectivity index (χ2v) is 12.7. The molecule has 0 aliphatic carbocycles. The molecule has 3 aromatic carbocycles. The Hall–Kier alpha value is -3.47. The number of rotatable bonds is 8. The second-order valence-electron chi connectivity index (χ2n) is 10.5. The molecule has 0 spiro atoms. The number of carbonyl (C=O) groups excluding carboxylic acids is 3. The first-order valence-electron chi connectivity index (χ1n) is 13.6. The first kappa shape index (κ1) is 29.0. The van der Waals surface area contributed by atoms with Gasteiger partial charge in [-0.25, -0.2) is 8.42 Å². The summed E-state index contributed by atoms with van der Waals surface area (Å²) in [6.07, 6.45) is 1.52. The predicted molar refractivity (Wildman–Crippen MR) is 154 cm³/mol. The average molecular weight is 598 g/mol. The molecule has 2 aliphatic heterocycles. The lowest BCUT2D eigenvalue weighted by molar-refractivity contribution is -0.154. The van der Waals surface area contributed by atoms with Crippen molar-refractivity contribution in [3.63, 3.8) is 0 Å². The summed E-state index contributed by atoms with van der Waals surface area (Å²) >= 11 is 6.02. The zero-order valence-electron chi connectivity index (χ0n) is 22.7. The Morgan fingerprint density at radius 3 is 2.54 bits per heavy atom. The highest BCUT2D eigenvalue weighted by Gasteiger charge is 2.41. The number of hydrogen-bond acceptors (Lipinski definition) is 6. The zero-order chi connectivity index (χ0) is 29.1. The maximum absolute atomic E-state index is 13.4. The van der Waals surface area contributed by atoms with Gasteiger partial charge in [0, 0.05) is 24.7 Å². The van der Waals surface area contributed by atoms with Gasteiger partial charge in [0.2, 0.25) is 21.8 Å². The lowest BCUT2D eigenvalue weighted by atomic mass is 9.97. The van der Waals surface area contributed by atoms with Crippen molar-refractivity contribution in [1.82, 2.24) is 14.5 Å². The van der Waals surface area contributed by atoms with Crippen molar-refractivity contribution < 1.29 is 27.5 Å². The van der Waals surface area contributed by atoms with Crippen molar-refractivity contribution in [1.29, 1.82) is 0 Å². The van der Waals surface area contributed by atoms with E-state index in [0.29, 0.717) is 29.8 Å². The molecule has 41 heavy (non-hydrogen) atoms. The van der Waals surface area contributed by atoms with Crippen molar-refractivity contribution in [3.8, 4) is 0 Å². The van der Waals surface area contributed by atoms with E-state index in [4.69, 9.17) is 16.3 Å². The van der Waals surface area contributed by atoms with Gasteiger partial charge < -0.3 is 14.5 Å².